The van der Waals surface area contributed by atoms with Crippen LogP contribution in [0.15, 0.2) is 30.9 Å². The number of hydrogen-bond donors (Lipinski definition) is 0. The molecular formula is C13H16O2. The Morgan fingerprint density at radius 1 is 1.40 bits per heavy atom. The van der Waals surface area contributed by atoms with Crippen molar-refractivity contribution in [1.29, 1.82) is 0 Å². The lowest BCUT2D eigenvalue weighted by molar-refractivity contribution is -0.139. The fourth-order valence-corrected chi connectivity index (χ4v) is 1.57. The number of allylic oxidation sites excluding steroid dienone is 1. The van der Waals surface area contributed by atoms with E-state index in [1.807, 2.05) is 25.1 Å². The van der Waals surface area contributed by atoms with Crippen LogP contribution in [0, 0.1) is 6.92 Å². The van der Waals surface area contributed by atoms with Crippen LogP contribution in [-0.2, 0) is 22.4 Å². The minimum atomic E-state index is -0.204. The van der Waals surface area contributed by atoms with Crippen molar-refractivity contribution in [2.75, 3.05) is 7.11 Å². The van der Waals surface area contributed by atoms with Crippen molar-refractivity contribution < 1.29 is 9.53 Å². The fourth-order valence-electron chi connectivity index (χ4n) is 1.57. The third kappa shape index (κ3) is 3.58. The van der Waals surface area contributed by atoms with Gasteiger partial charge in [-0.1, -0.05) is 29.8 Å². The van der Waals surface area contributed by atoms with Crippen LogP contribution < -0.4 is 0 Å². The summed E-state index contributed by atoms with van der Waals surface area (Å²) < 4.78 is 4.63. The Labute approximate surface area is 90.6 Å². The zero-order valence-electron chi connectivity index (χ0n) is 9.25. The second-order valence-corrected chi connectivity index (χ2v) is 3.57. The number of aryl methyl sites for hydroxylation is 1. The van der Waals surface area contributed by atoms with Gasteiger partial charge in [-0.25, -0.2) is 0 Å². The first-order chi connectivity index (χ1) is 7.15. The summed E-state index contributed by atoms with van der Waals surface area (Å²) in [6, 6.07) is 6.12. The predicted molar refractivity (Wildman–Crippen MR) is 60.8 cm³/mol. The van der Waals surface area contributed by atoms with Gasteiger partial charge in [-0.2, -0.15) is 0 Å². The molecule has 0 aliphatic rings. The van der Waals surface area contributed by atoms with E-state index < -0.39 is 0 Å². The van der Waals surface area contributed by atoms with Gasteiger partial charge < -0.3 is 4.74 Å². The quantitative estimate of drug-likeness (QED) is 0.556. The largest absolute Gasteiger partial charge is 0.469 e. The molecule has 15 heavy (non-hydrogen) atoms. The van der Waals surface area contributed by atoms with Gasteiger partial charge in [0.25, 0.3) is 0 Å². The molecule has 0 spiro atoms. The zero-order chi connectivity index (χ0) is 11.3. The van der Waals surface area contributed by atoms with E-state index in [4.69, 9.17) is 0 Å². The minimum absolute atomic E-state index is 0.204. The van der Waals surface area contributed by atoms with Crippen LogP contribution in [0.5, 0.6) is 0 Å². The minimum Gasteiger partial charge on any atom is -0.469 e. The molecule has 1 rings (SSSR count). The summed E-state index contributed by atoms with van der Waals surface area (Å²) >= 11 is 0. The van der Waals surface area contributed by atoms with Gasteiger partial charge in [-0.3, -0.25) is 4.79 Å². The van der Waals surface area contributed by atoms with E-state index in [-0.39, 0.29) is 5.97 Å². The van der Waals surface area contributed by atoms with E-state index in [0.717, 1.165) is 17.5 Å². The summed E-state index contributed by atoms with van der Waals surface area (Å²) in [6.45, 7) is 5.72. The van der Waals surface area contributed by atoms with Gasteiger partial charge in [-0.05, 0) is 24.5 Å². The number of esters is 1. The molecule has 0 aliphatic heterocycles. The van der Waals surface area contributed by atoms with Crippen LogP contribution in [0.2, 0.25) is 0 Å². The van der Waals surface area contributed by atoms with Crippen LogP contribution in [0.4, 0.5) is 0 Å². The smallest absolute Gasteiger partial charge is 0.309 e. The lowest BCUT2D eigenvalue weighted by atomic mass is 10.0. The van der Waals surface area contributed by atoms with Gasteiger partial charge in [0, 0.05) is 0 Å². The predicted octanol–water partition coefficient (Wildman–Crippen LogP) is 2.44. The normalized spacial score (nSPS) is 9.73. The molecule has 2 heteroatoms. The molecule has 1 aromatic rings. The lowest BCUT2D eigenvalue weighted by Gasteiger charge is -2.05. The fraction of sp³-hybridized carbons (Fsp3) is 0.308. The van der Waals surface area contributed by atoms with Gasteiger partial charge in [0.1, 0.15) is 0 Å². The Balaban J connectivity index is 2.87. The molecule has 0 atom stereocenters. The number of methoxy groups -OCH3 is 1. The Morgan fingerprint density at radius 3 is 2.67 bits per heavy atom. The Bertz CT molecular complexity index is 367. The van der Waals surface area contributed by atoms with Gasteiger partial charge in [0.2, 0.25) is 0 Å². The Kier molecular flexibility index (Phi) is 4.10. The van der Waals surface area contributed by atoms with Crippen molar-refractivity contribution >= 4 is 5.97 Å². The summed E-state index contributed by atoms with van der Waals surface area (Å²) in [5.74, 6) is -0.204. The van der Waals surface area contributed by atoms with E-state index in [1.54, 1.807) is 0 Å². The Morgan fingerprint density at radius 2 is 2.07 bits per heavy atom. The molecule has 0 heterocycles. The van der Waals surface area contributed by atoms with Crippen LogP contribution in [0.3, 0.4) is 0 Å². The molecular weight excluding hydrogens is 188 g/mol. The molecule has 0 amide bonds. The maximum Gasteiger partial charge on any atom is 0.309 e. The van der Waals surface area contributed by atoms with Crippen molar-refractivity contribution in [3.63, 3.8) is 0 Å². The number of carbonyl (C=O) groups is 1. The molecule has 0 bridgehead atoms. The second-order valence-electron chi connectivity index (χ2n) is 3.57. The first kappa shape index (κ1) is 11.5. The van der Waals surface area contributed by atoms with Crippen LogP contribution in [0.1, 0.15) is 16.7 Å². The third-order valence-corrected chi connectivity index (χ3v) is 2.15. The molecule has 0 aliphatic carbocycles. The van der Waals surface area contributed by atoms with Crippen molar-refractivity contribution in [3.05, 3.63) is 47.5 Å². The SMILES string of the molecule is C=CCc1cc(C)cc(CC(=O)OC)c1. The van der Waals surface area contributed by atoms with Crippen molar-refractivity contribution in [2.24, 2.45) is 0 Å². The first-order valence-electron chi connectivity index (χ1n) is 4.93. The second kappa shape index (κ2) is 5.35. The van der Waals surface area contributed by atoms with Crippen molar-refractivity contribution in [2.45, 2.75) is 19.8 Å². The number of hydrogen-bond acceptors (Lipinski definition) is 2. The summed E-state index contributed by atoms with van der Waals surface area (Å²) in [4.78, 5) is 11.1. The summed E-state index contributed by atoms with van der Waals surface area (Å²) in [7, 11) is 1.41. The first-order valence-corrected chi connectivity index (χ1v) is 4.93. The Hall–Kier alpha value is -1.57. The molecule has 0 saturated heterocycles. The molecule has 2 nitrogen and oxygen atoms in total. The van der Waals surface area contributed by atoms with Crippen molar-refractivity contribution in [1.82, 2.24) is 0 Å². The molecule has 0 saturated carbocycles. The average Bonchev–Trinajstić information content (AvgIpc) is 2.17. The van der Waals surface area contributed by atoms with E-state index in [0.29, 0.717) is 6.42 Å². The van der Waals surface area contributed by atoms with E-state index in [2.05, 4.69) is 17.4 Å². The molecule has 80 valence electrons. The highest BCUT2D eigenvalue weighted by molar-refractivity contribution is 5.72. The standard InChI is InChI=1S/C13H16O2/c1-4-5-11-6-10(2)7-12(8-11)9-13(14)15-3/h4,6-8H,1,5,9H2,2-3H3. The molecule has 0 N–H and O–H groups in total. The highest BCUT2D eigenvalue weighted by Gasteiger charge is 2.04. The monoisotopic (exact) mass is 204 g/mol. The number of rotatable bonds is 4. The molecule has 0 unspecified atom stereocenters. The van der Waals surface area contributed by atoms with Crippen LogP contribution in [0.25, 0.3) is 0 Å². The molecule has 0 radical (unpaired) electrons. The van der Waals surface area contributed by atoms with Gasteiger partial charge in [0.05, 0.1) is 13.5 Å². The van der Waals surface area contributed by atoms with Gasteiger partial charge >= 0.3 is 5.97 Å². The molecule has 1 aromatic carbocycles. The summed E-state index contributed by atoms with van der Waals surface area (Å²) in [5.41, 5.74) is 3.34. The summed E-state index contributed by atoms with van der Waals surface area (Å²) in [6.07, 6.45) is 3.02. The van der Waals surface area contributed by atoms with E-state index >= 15 is 0 Å². The molecule has 0 aromatic heterocycles. The maximum atomic E-state index is 11.1. The molecule has 0 fully saturated rings. The van der Waals surface area contributed by atoms with Gasteiger partial charge in [-0.15, -0.1) is 6.58 Å². The number of benzene rings is 1. The lowest BCUT2D eigenvalue weighted by Crippen LogP contribution is -2.05. The highest BCUT2D eigenvalue weighted by atomic mass is 16.5. The third-order valence-electron chi connectivity index (χ3n) is 2.15. The zero-order valence-corrected chi connectivity index (χ0v) is 9.25. The van der Waals surface area contributed by atoms with E-state index in [1.165, 1.54) is 12.7 Å². The van der Waals surface area contributed by atoms with Gasteiger partial charge in [0.15, 0.2) is 0 Å². The van der Waals surface area contributed by atoms with Crippen LogP contribution in [-0.4, -0.2) is 13.1 Å². The van der Waals surface area contributed by atoms with E-state index in [9.17, 15) is 4.79 Å². The average molecular weight is 204 g/mol. The topological polar surface area (TPSA) is 26.3 Å². The van der Waals surface area contributed by atoms with Crippen LogP contribution >= 0.6 is 0 Å². The number of ether oxygens (including phenoxy) is 1. The van der Waals surface area contributed by atoms with Crippen molar-refractivity contribution in [3.8, 4) is 0 Å². The summed E-state index contributed by atoms with van der Waals surface area (Å²) in [5, 5.41) is 0. The number of carbonyl (C=O) groups excluding carboxylic acids is 1. The maximum absolute atomic E-state index is 11.1. The highest BCUT2D eigenvalue weighted by Crippen LogP contribution is 2.11.